The highest BCUT2D eigenvalue weighted by Gasteiger charge is 2.19. The summed E-state index contributed by atoms with van der Waals surface area (Å²) in [6.45, 7) is 4.59. The van der Waals surface area contributed by atoms with Gasteiger partial charge in [0.1, 0.15) is 0 Å². The summed E-state index contributed by atoms with van der Waals surface area (Å²) < 4.78 is 0. The summed E-state index contributed by atoms with van der Waals surface area (Å²) in [5, 5.41) is 0. The molecule has 0 aromatic heterocycles. The third-order valence-corrected chi connectivity index (χ3v) is 3.30. The van der Waals surface area contributed by atoms with E-state index < -0.39 is 0 Å². The number of piperidine rings is 1. The molecule has 86 valence electrons. The molecule has 1 aliphatic heterocycles. The first-order valence-corrected chi connectivity index (χ1v) is 6.33. The van der Waals surface area contributed by atoms with Gasteiger partial charge in [-0.1, -0.05) is 48.9 Å². The van der Waals surface area contributed by atoms with Gasteiger partial charge in [-0.25, -0.2) is 0 Å². The minimum atomic E-state index is 0.478. The summed E-state index contributed by atoms with van der Waals surface area (Å²) in [5.41, 5.74) is 1.42. The van der Waals surface area contributed by atoms with E-state index in [1.54, 1.807) is 0 Å². The van der Waals surface area contributed by atoms with E-state index in [9.17, 15) is 0 Å². The molecule has 0 bridgehead atoms. The van der Waals surface area contributed by atoms with Gasteiger partial charge in [-0.15, -0.1) is 0 Å². The Balaban J connectivity index is 2.16. The Morgan fingerprint density at radius 1 is 1.06 bits per heavy atom. The number of hydrogen-bond acceptors (Lipinski definition) is 1. The first kappa shape index (κ1) is 11.4. The highest BCUT2D eigenvalue weighted by molar-refractivity contribution is 5.23. The van der Waals surface area contributed by atoms with E-state index >= 15 is 0 Å². The highest BCUT2D eigenvalue weighted by atomic mass is 15.2. The molecule has 2 rings (SSSR count). The summed E-state index contributed by atoms with van der Waals surface area (Å²) >= 11 is 0. The molecular weight excluding hydrogens is 194 g/mol. The lowest BCUT2D eigenvalue weighted by atomic mass is 10.0. The van der Waals surface area contributed by atoms with Crippen LogP contribution in [0.4, 0.5) is 0 Å². The van der Waals surface area contributed by atoms with Crippen molar-refractivity contribution in [1.29, 1.82) is 0 Å². The Kier molecular flexibility index (Phi) is 4.17. The standard InChI is InChI=1S/C15H21N/c1-2-9-15(14-10-5-3-6-11-14)16-12-7-4-8-13-16/h2-3,5-6,9-11,15H,4,7-8,12-13H2,1H3. The molecule has 0 saturated carbocycles. The minimum absolute atomic E-state index is 0.478. The van der Waals surface area contributed by atoms with Crippen LogP contribution in [0.1, 0.15) is 37.8 Å². The lowest BCUT2D eigenvalue weighted by Crippen LogP contribution is -2.32. The van der Waals surface area contributed by atoms with Crippen LogP contribution in [0, 0.1) is 0 Å². The highest BCUT2D eigenvalue weighted by Crippen LogP contribution is 2.25. The molecule has 1 aliphatic rings. The number of hydrogen-bond donors (Lipinski definition) is 0. The zero-order chi connectivity index (χ0) is 11.2. The maximum absolute atomic E-state index is 2.60. The van der Waals surface area contributed by atoms with Crippen LogP contribution in [0.3, 0.4) is 0 Å². The lowest BCUT2D eigenvalue weighted by Gasteiger charge is -2.33. The van der Waals surface area contributed by atoms with Crippen LogP contribution in [0.2, 0.25) is 0 Å². The second kappa shape index (κ2) is 5.86. The van der Waals surface area contributed by atoms with Gasteiger partial charge in [0.05, 0.1) is 6.04 Å². The third-order valence-electron chi connectivity index (χ3n) is 3.30. The van der Waals surface area contributed by atoms with Crippen LogP contribution >= 0.6 is 0 Å². The van der Waals surface area contributed by atoms with Crippen molar-refractivity contribution in [3.05, 3.63) is 48.0 Å². The van der Waals surface area contributed by atoms with Gasteiger partial charge in [-0.3, -0.25) is 4.90 Å². The molecule has 1 fully saturated rings. The van der Waals surface area contributed by atoms with E-state index in [4.69, 9.17) is 0 Å². The van der Waals surface area contributed by atoms with Gasteiger partial charge in [0.25, 0.3) is 0 Å². The Morgan fingerprint density at radius 2 is 1.75 bits per heavy atom. The van der Waals surface area contributed by atoms with Crippen molar-refractivity contribution >= 4 is 0 Å². The molecule has 1 saturated heterocycles. The number of rotatable bonds is 3. The fraction of sp³-hybridized carbons (Fsp3) is 0.467. The molecule has 1 heteroatoms. The Bertz CT molecular complexity index is 323. The van der Waals surface area contributed by atoms with E-state index in [2.05, 4.69) is 54.3 Å². The maximum Gasteiger partial charge on any atom is 0.0531 e. The van der Waals surface area contributed by atoms with Crippen molar-refractivity contribution in [2.75, 3.05) is 13.1 Å². The van der Waals surface area contributed by atoms with Crippen LogP contribution in [0.25, 0.3) is 0 Å². The Morgan fingerprint density at radius 3 is 2.38 bits per heavy atom. The van der Waals surface area contributed by atoms with Crippen LogP contribution in [0.15, 0.2) is 42.5 Å². The van der Waals surface area contributed by atoms with E-state index in [1.807, 2.05) is 0 Å². The normalized spacial score (nSPS) is 20.1. The molecule has 1 aromatic rings. The Hall–Kier alpha value is -1.08. The van der Waals surface area contributed by atoms with Crippen molar-refractivity contribution in [3.63, 3.8) is 0 Å². The zero-order valence-corrected chi connectivity index (χ0v) is 10.1. The van der Waals surface area contributed by atoms with Crippen molar-refractivity contribution in [2.45, 2.75) is 32.2 Å². The van der Waals surface area contributed by atoms with E-state index in [1.165, 1.54) is 37.9 Å². The number of benzene rings is 1. The topological polar surface area (TPSA) is 3.24 Å². The average Bonchev–Trinajstić information content (AvgIpc) is 2.38. The molecule has 1 heterocycles. The number of likely N-dealkylation sites (tertiary alicyclic amines) is 1. The SMILES string of the molecule is CC=CC(c1ccccc1)N1CCCCC1. The van der Waals surface area contributed by atoms with Gasteiger partial charge < -0.3 is 0 Å². The first-order valence-electron chi connectivity index (χ1n) is 6.33. The number of allylic oxidation sites excluding steroid dienone is 1. The third kappa shape index (κ3) is 2.73. The van der Waals surface area contributed by atoms with Crippen molar-refractivity contribution < 1.29 is 0 Å². The van der Waals surface area contributed by atoms with Gasteiger partial charge in [0, 0.05) is 0 Å². The van der Waals surface area contributed by atoms with Gasteiger partial charge >= 0.3 is 0 Å². The van der Waals surface area contributed by atoms with Gasteiger partial charge in [-0.2, -0.15) is 0 Å². The molecule has 0 N–H and O–H groups in total. The van der Waals surface area contributed by atoms with Gasteiger partial charge in [0.2, 0.25) is 0 Å². The quantitative estimate of drug-likeness (QED) is 0.693. The molecule has 0 aliphatic carbocycles. The van der Waals surface area contributed by atoms with E-state index in [0.29, 0.717) is 6.04 Å². The average molecular weight is 215 g/mol. The largest absolute Gasteiger partial charge is 0.293 e. The summed E-state index contributed by atoms with van der Waals surface area (Å²) in [6.07, 6.45) is 8.59. The molecule has 0 radical (unpaired) electrons. The second-order valence-corrected chi connectivity index (χ2v) is 4.48. The Labute approximate surface area is 98.8 Å². The monoisotopic (exact) mass is 215 g/mol. The zero-order valence-electron chi connectivity index (χ0n) is 10.1. The molecule has 1 nitrogen and oxygen atoms in total. The van der Waals surface area contributed by atoms with Crippen LogP contribution in [0.5, 0.6) is 0 Å². The smallest absolute Gasteiger partial charge is 0.0531 e. The predicted octanol–water partition coefficient (Wildman–Crippen LogP) is 3.79. The maximum atomic E-state index is 2.60. The summed E-state index contributed by atoms with van der Waals surface area (Å²) in [5.74, 6) is 0. The van der Waals surface area contributed by atoms with Crippen molar-refractivity contribution in [2.24, 2.45) is 0 Å². The molecule has 1 aromatic carbocycles. The fourth-order valence-corrected chi connectivity index (χ4v) is 2.47. The van der Waals surface area contributed by atoms with Crippen LogP contribution < -0.4 is 0 Å². The minimum Gasteiger partial charge on any atom is -0.293 e. The van der Waals surface area contributed by atoms with Crippen molar-refractivity contribution in [1.82, 2.24) is 4.90 Å². The fourth-order valence-electron chi connectivity index (χ4n) is 2.47. The lowest BCUT2D eigenvalue weighted by molar-refractivity contribution is 0.192. The van der Waals surface area contributed by atoms with Crippen LogP contribution in [-0.4, -0.2) is 18.0 Å². The van der Waals surface area contributed by atoms with E-state index in [0.717, 1.165) is 0 Å². The first-order chi connectivity index (χ1) is 7.92. The van der Waals surface area contributed by atoms with Gasteiger partial charge in [0.15, 0.2) is 0 Å². The molecule has 16 heavy (non-hydrogen) atoms. The van der Waals surface area contributed by atoms with Crippen molar-refractivity contribution in [3.8, 4) is 0 Å². The molecule has 0 spiro atoms. The second-order valence-electron chi connectivity index (χ2n) is 4.48. The summed E-state index contributed by atoms with van der Waals surface area (Å²) in [7, 11) is 0. The molecule has 1 atom stereocenters. The number of nitrogens with zero attached hydrogens (tertiary/aromatic N) is 1. The molecular formula is C15H21N. The molecule has 0 amide bonds. The van der Waals surface area contributed by atoms with E-state index in [-0.39, 0.29) is 0 Å². The predicted molar refractivity (Wildman–Crippen MR) is 69.4 cm³/mol. The van der Waals surface area contributed by atoms with Crippen LogP contribution in [-0.2, 0) is 0 Å². The molecule has 1 unspecified atom stereocenters. The summed E-state index contributed by atoms with van der Waals surface area (Å²) in [4.78, 5) is 2.60. The van der Waals surface area contributed by atoms with Gasteiger partial charge in [-0.05, 0) is 38.4 Å². The summed E-state index contributed by atoms with van der Waals surface area (Å²) in [6, 6.07) is 11.3.